The van der Waals surface area contributed by atoms with Crippen molar-refractivity contribution in [1.29, 1.82) is 0 Å². The van der Waals surface area contributed by atoms with Crippen LogP contribution in [0.1, 0.15) is 29.2 Å². The van der Waals surface area contributed by atoms with E-state index in [1.54, 1.807) is 0 Å². The van der Waals surface area contributed by atoms with Gasteiger partial charge in [0.25, 0.3) is 0 Å². The quantitative estimate of drug-likeness (QED) is 0.823. The lowest BCUT2D eigenvalue weighted by atomic mass is 10.3. The van der Waals surface area contributed by atoms with E-state index in [0.717, 1.165) is 0 Å². The molecule has 0 radical (unpaired) electrons. The van der Waals surface area contributed by atoms with Gasteiger partial charge in [0.2, 0.25) is 0 Å². The molecule has 0 spiro atoms. The molecule has 0 amide bonds. The Hall–Kier alpha value is -1.66. The van der Waals surface area contributed by atoms with Gasteiger partial charge in [0.1, 0.15) is 6.10 Å². The predicted octanol–water partition coefficient (Wildman–Crippen LogP) is 1.13. The first-order valence-electron chi connectivity index (χ1n) is 4.46. The largest absolute Gasteiger partial charge is 0.478 e. The molecule has 2 heterocycles. The number of halogens is 1. The third kappa shape index (κ3) is 1.62. The zero-order valence-corrected chi connectivity index (χ0v) is 9.01. The molecule has 6 nitrogen and oxygen atoms in total. The maximum absolute atomic E-state index is 10.8. The second-order valence-corrected chi connectivity index (χ2v) is 3.72. The summed E-state index contributed by atoms with van der Waals surface area (Å²) in [4.78, 5) is 10.8. The maximum atomic E-state index is 10.8. The molecule has 84 valence electrons. The van der Waals surface area contributed by atoms with E-state index in [-0.39, 0.29) is 16.4 Å². The van der Waals surface area contributed by atoms with Gasteiger partial charge < -0.3 is 10.2 Å². The lowest BCUT2D eigenvalue weighted by molar-refractivity contribution is 0.0696. The zero-order valence-electron chi connectivity index (χ0n) is 8.25. The number of aliphatic hydroxyl groups excluding tert-OH is 1. The Kier molecular flexibility index (Phi) is 2.53. The van der Waals surface area contributed by atoms with Crippen LogP contribution in [-0.2, 0) is 0 Å². The first kappa shape index (κ1) is 10.8. The molecular formula is C9H8ClN3O3. The Labute approximate surface area is 95.1 Å². The molecule has 1 atom stereocenters. The molecule has 2 aromatic rings. The number of fused-ring (bicyclic) bond motifs is 1. The Bertz CT molecular complexity index is 564. The first-order chi connectivity index (χ1) is 7.50. The van der Waals surface area contributed by atoms with Gasteiger partial charge in [-0.15, -0.1) is 10.2 Å². The molecule has 2 N–H and O–H groups in total. The maximum Gasteiger partial charge on any atom is 0.337 e. The van der Waals surface area contributed by atoms with Gasteiger partial charge >= 0.3 is 5.97 Å². The van der Waals surface area contributed by atoms with Crippen molar-refractivity contribution in [3.05, 3.63) is 28.7 Å². The van der Waals surface area contributed by atoms with E-state index in [0.29, 0.717) is 5.65 Å². The molecule has 0 saturated heterocycles. The molecule has 16 heavy (non-hydrogen) atoms. The number of carboxylic acids is 1. The third-order valence-corrected chi connectivity index (χ3v) is 2.38. The van der Waals surface area contributed by atoms with Crippen LogP contribution in [-0.4, -0.2) is 30.8 Å². The lowest BCUT2D eigenvalue weighted by Gasteiger charge is -2.04. The monoisotopic (exact) mass is 241 g/mol. The smallest absolute Gasteiger partial charge is 0.337 e. The summed E-state index contributed by atoms with van der Waals surface area (Å²) in [6.07, 6.45) is 0.473. The highest BCUT2D eigenvalue weighted by Crippen LogP contribution is 2.20. The van der Waals surface area contributed by atoms with Crippen molar-refractivity contribution in [2.45, 2.75) is 13.0 Å². The third-order valence-electron chi connectivity index (χ3n) is 2.11. The van der Waals surface area contributed by atoms with Crippen LogP contribution in [0.15, 0.2) is 12.3 Å². The minimum atomic E-state index is -1.10. The van der Waals surface area contributed by atoms with Crippen LogP contribution in [0.25, 0.3) is 5.65 Å². The Balaban J connectivity index is 2.76. The summed E-state index contributed by atoms with van der Waals surface area (Å²) in [5, 5.41) is 26.0. The van der Waals surface area contributed by atoms with Crippen molar-refractivity contribution in [2.75, 3.05) is 0 Å². The Morgan fingerprint density at radius 3 is 2.81 bits per heavy atom. The van der Waals surface area contributed by atoms with Crippen molar-refractivity contribution in [1.82, 2.24) is 14.6 Å². The highest BCUT2D eigenvalue weighted by atomic mass is 35.5. The summed E-state index contributed by atoms with van der Waals surface area (Å²) in [5.74, 6) is -0.853. The van der Waals surface area contributed by atoms with E-state index in [4.69, 9.17) is 16.7 Å². The summed E-state index contributed by atoms with van der Waals surface area (Å²) in [5.41, 5.74) is 0.335. The van der Waals surface area contributed by atoms with Crippen LogP contribution >= 0.6 is 11.6 Å². The van der Waals surface area contributed by atoms with Crippen molar-refractivity contribution >= 4 is 23.2 Å². The van der Waals surface area contributed by atoms with Gasteiger partial charge in [-0.25, -0.2) is 4.79 Å². The molecule has 0 unspecified atom stereocenters. The number of aliphatic hydroxyl groups is 1. The van der Waals surface area contributed by atoms with Crippen LogP contribution in [0.4, 0.5) is 0 Å². The number of hydrogen-bond donors (Lipinski definition) is 2. The molecule has 0 saturated carbocycles. The molecule has 2 rings (SSSR count). The molecular weight excluding hydrogens is 234 g/mol. The highest BCUT2D eigenvalue weighted by molar-refractivity contribution is 6.33. The summed E-state index contributed by atoms with van der Waals surface area (Å²) in [6.45, 7) is 1.51. The first-order valence-corrected chi connectivity index (χ1v) is 4.84. The van der Waals surface area contributed by atoms with Gasteiger partial charge in [0.15, 0.2) is 11.5 Å². The van der Waals surface area contributed by atoms with Crippen LogP contribution in [0.5, 0.6) is 0 Å². The van der Waals surface area contributed by atoms with Crippen molar-refractivity contribution in [3.63, 3.8) is 0 Å². The van der Waals surface area contributed by atoms with E-state index >= 15 is 0 Å². The molecule has 0 aliphatic carbocycles. The van der Waals surface area contributed by atoms with Crippen LogP contribution in [0, 0.1) is 0 Å². The van der Waals surface area contributed by atoms with Crippen LogP contribution in [0.2, 0.25) is 5.02 Å². The fourth-order valence-corrected chi connectivity index (χ4v) is 1.62. The molecule has 0 aliphatic rings. The zero-order chi connectivity index (χ0) is 11.9. The highest BCUT2D eigenvalue weighted by Gasteiger charge is 2.15. The summed E-state index contributed by atoms with van der Waals surface area (Å²) >= 11 is 5.86. The van der Waals surface area contributed by atoms with Crippen LogP contribution in [0.3, 0.4) is 0 Å². The van der Waals surface area contributed by atoms with Crippen LogP contribution < -0.4 is 0 Å². The van der Waals surface area contributed by atoms with Crippen molar-refractivity contribution in [3.8, 4) is 0 Å². The molecule has 0 fully saturated rings. The van der Waals surface area contributed by atoms with Gasteiger partial charge in [-0.1, -0.05) is 11.6 Å². The topological polar surface area (TPSA) is 87.7 Å². The Morgan fingerprint density at radius 2 is 2.25 bits per heavy atom. The number of carboxylic acid groups (broad SMARTS) is 1. The van der Waals surface area contributed by atoms with E-state index in [2.05, 4.69) is 10.2 Å². The van der Waals surface area contributed by atoms with E-state index in [1.807, 2.05) is 0 Å². The Morgan fingerprint density at radius 1 is 1.56 bits per heavy atom. The summed E-state index contributed by atoms with van der Waals surface area (Å²) < 4.78 is 1.37. The standard InChI is InChI=1S/C9H8ClN3O3/c1-4(14)7-11-12-8-6(10)2-5(9(15)16)3-13(7)8/h2-4,14H,1H3,(H,15,16)/t4-/m0/s1. The molecule has 2 aromatic heterocycles. The second kappa shape index (κ2) is 3.73. The van der Waals surface area contributed by atoms with E-state index < -0.39 is 12.1 Å². The summed E-state index contributed by atoms with van der Waals surface area (Å²) in [7, 11) is 0. The molecule has 7 heteroatoms. The number of aromatic carboxylic acids is 1. The number of hydrogen-bond acceptors (Lipinski definition) is 4. The average molecular weight is 242 g/mol. The van der Waals surface area contributed by atoms with Crippen molar-refractivity contribution in [2.24, 2.45) is 0 Å². The van der Waals surface area contributed by atoms with Gasteiger partial charge in [0.05, 0.1) is 10.6 Å². The van der Waals surface area contributed by atoms with Crippen molar-refractivity contribution < 1.29 is 15.0 Å². The average Bonchev–Trinajstić information content (AvgIpc) is 2.61. The lowest BCUT2D eigenvalue weighted by Crippen LogP contribution is -2.03. The number of rotatable bonds is 2. The number of nitrogens with zero attached hydrogens (tertiary/aromatic N) is 3. The van der Waals surface area contributed by atoms with E-state index in [9.17, 15) is 9.90 Å². The minimum Gasteiger partial charge on any atom is -0.478 e. The normalized spacial score (nSPS) is 12.9. The van der Waals surface area contributed by atoms with Gasteiger partial charge in [-0.3, -0.25) is 4.40 Å². The fraction of sp³-hybridized carbons (Fsp3) is 0.222. The van der Waals surface area contributed by atoms with Gasteiger partial charge in [-0.05, 0) is 13.0 Å². The predicted molar refractivity (Wildman–Crippen MR) is 55.6 cm³/mol. The molecule has 0 aromatic carbocycles. The molecule has 0 bridgehead atoms. The fourth-order valence-electron chi connectivity index (χ4n) is 1.37. The summed E-state index contributed by atoms with van der Waals surface area (Å²) in [6, 6.07) is 1.29. The number of pyridine rings is 1. The minimum absolute atomic E-state index is 0.0131. The second-order valence-electron chi connectivity index (χ2n) is 3.31. The number of aromatic nitrogens is 3. The van der Waals surface area contributed by atoms with E-state index in [1.165, 1.54) is 23.6 Å². The number of carbonyl (C=O) groups is 1. The van der Waals surface area contributed by atoms with Gasteiger partial charge in [0, 0.05) is 6.20 Å². The van der Waals surface area contributed by atoms with Gasteiger partial charge in [-0.2, -0.15) is 0 Å². The SMILES string of the molecule is C[C@H](O)c1nnc2c(Cl)cc(C(=O)O)cn12. The molecule has 0 aliphatic heterocycles.